The number of ether oxygens (including phenoxy) is 4. The third-order valence-electron chi connectivity index (χ3n) is 22.5. The molecule has 0 radical (unpaired) electrons. The lowest BCUT2D eigenvalue weighted by Crippen LogP contribution is -2.71. The highest BCUT2D eigenvalue weighted by Crippen LogP contribution is 2.34. The van der Waals surface area contributed by atoms with Crippen molar-refractivity contribution in [2.45, 2.75) is 121 Å². The Morgan fingerprint density at radius 1 is 0.287 bits per heavy atom. The minimum atomic E-state index is -3.71. The van der Waals surface area contributed by atoms with Crippen LogP contribution in [0.25, 0.3) is 21.5 Å². The number of amides is 11. The summed E-state index contributed by atoms with van der Waals surface area (Å²) in [5.74, 6) is -18.4. The average molecular weight is 1860 g/mol. The Kier molecular flexibility index (Phi) is 47.4. The largest absolute Gasteiger partial charge is 0.445 e. The van der Waals surface area contributed by atoms with E-state index in [1.165, 1.54) is 0 Å². The van der Waals surface area contributed by atoms with Gasteiger partial charge in [0.15, 0.2) is 0 Å². The van der Waals surface area contributed by atoms with Crippen LogP contribution in [-0.2, 0) is 73.5 Å². The first kappa shape index (κ1) is 114. The van der Waals surface area contributed by atoms with Crippen LogP contribution in [0, 0.1) is 16.2 Å². The van der Waals surface area contributed by atoms with E-state index in [1.807, 2.05) is 97.1 Å². The van der Waals surface area contributed by atoms with Gasteiger partial charge in [-0.15, -0.1) is 0 Å². The number of primary amides is 1. The molecule has 50 heteroatoms. The summed E-state index contributed by atoms with van der Waals surface area (Å²) in [6.45, 7) is -40.5. The molecular formula is C79H129N11O39. The number of hydrogen-bond donors (Lipinski definition) is 35. The van der Waals surface area contributed by atoms with E-state index in [9.17, 15) is 147 Å². The minimum absolute atomic E-state index is 0.0354. The van der Waals surface area contributed by atoms with E-state index in [0.717, 1.165) is 27.1 Å². The number of alkyl carbamates (subject to hydrolysis) is 1. The number of aliphatic hydroxyl groups excluding tert-OH is 24. The lowest BCUT2D eigenvalue weighted by atomic mass is 9.78. The van der Waals surface area contributed by atoms with E-state index in [4.69, 9.17) is 24.7 Å². The highest BCUT2D eigenvalue weighted by atomic mass is 16.5. The maximum absolute atomic E-state index is 15.2. The number of unbranched alkanes of at least 4 members (excludes halogenated alkanes) is 4. The van der Waals surface area contributed by atoms with Gasteiger partial charge in [0.05, 0.1) is 178 Å². The van der Waals surface area contributed by atoms with Crippen LogP contribution in [0.15, 0.2) is 54.6 Å². The van der Waals surface area contributed by atoms with Crippen LogP contribution in [0.3, 0.4) is 0 Å². The third kappa shape index (κ3) is 28.3. The van der Waals surface area contributed by atoms with Gasteiger partial charge in [-0.05, 0) is 53.3 Å². The van der Waals surface area contributed by atoms with Crippen LogP contribution in [-0.4, -0.2) is 442 Å². The van der Waals surface area contributed by atoms with Gasteiger partial charge in [-0.2, -0.15) is 0 Å². The number of nitrogens with two attached hydrogens (primary N) is 1. The summed E-state index contributed by atoms with van der Waals surface area (Å²) in [7, 11) is 0. The van der Waals surface area contributed by atoms with Crippen LogP contribution < -0.4 is 58.9 Å². The topological polar surface area (TPSA) is 857 Å². The number of benzene rings is 3. The van der Waals surface area contributed by atoms with Gasteiger partial charge < -0.3 is 200 Å². The Bertz CT molecular complexity index is 3600. The maximum atomic E-state index is 15.2. The lowest BCUT2D eigenvalue weighted by molar-refractivity contribution is -0.161. The number of nitrogens with one attached hydrogen (secondary N) is 10. The predicted octanol–water partition coefficient (Wildman–Crippen LogP) is -15.9. The number of carbonyl (C=O) groups is 11. The summed E-state index contributed by atoms with van der Waals surface area (Å²) in [5.41, 5.74) is -27.5. The molecule has 0 fully saturated rings. The molecular weight excluding hydrogens is 1730 g/mol. The molecule has 0 bridgehead atoms. The SMILES string of the molecule is NC(=O)C(CCCOCC(COCCC(C(=O)NC(CO)(CO)CO)(C(=O)NC(CO)(CO)CO)C(=O)NC(CO)(CO)CO)(COCCC(C(=O)NC(CO)(CO)CO)(C(=O)NC(CO)(CO)CO)C(=O)NC(CO)(CO)CO)NC(=O)CCCCCCCNC(=O)OCc1c2ccccc2cc2ccccc12)(C(=O)NC(CO)(CO)CO)C(=O)NC(CO)(CO)CO. The van der Waals surface area contributed by atoms with Crippen LogP contribution in [0.2, 0.25) is 0 Å². The van der Waals surface area contributed by atoms with Gasteiger partial charge in [0.1, 0.15) is 56.5 Å². The molecule has 3 rings (SSSR count). The fourth-order valence-corrected chi connectivity index (χ4v) is 12.8. The van der Waals surface area contributed by atoms with E-state index in [-0.39, 0.29) is 26.0 Å². The van der Waals surface area contributed by atoms with Crippen LogP contribution >= 0.6 is 0 Å². The standard InChI is InChI=1S/C79H129N11O39/c80-58(116)77(59(117)83-68(25-91,26-92)27-93,60(118)84-69(28-94,29-95)30-96)16-10-20-126-49-76(82-57(115)15-4-2-1-3-9-19-81-67(125)129-24-56-54-13-7-5-11-52(54)23-53-12-6-8-14-55(53)56,50-127-21-17-78(61(119)85-70(31-97,32-98)33-99,62(120)86-71(34-100,35-101)36-102)63(121)87-72(37-103,38-104)39-105)51-128-22-18-79(64(122)88-73(40-106,41-107)42-108,65(123)89-74(43-109,44-110)45-111)66(124)90-75(46-112,47-113)48-114/h5-8,11-14,23,91-114H,1-4,9-10,15-22,24-51H2,(H2,80,116)(H,81,125)(H,82,115)(H,83,117)(H,84,118)(H,85,119)(H,86,120)(H,87,121)(H,88,122)(H,89,123)(H,90,124). The summed E-state index contributed by atoms with van der Waals surface area (Å²) in [5, 5.41) is 275. The fourth-order valence-electron chi connectivity index (χ4n) is 12.8. The zero-order chi connectivity index (χ0) is 97.2. The van der Waals surface area contributed by atoms with Crippen molar-refractivity contribution in [1.29, 1.82) is 0 Å². The zero-order valence-corrected chi connectivity index (χ0v) is 71.3. The highest BCUT2D eigenvalue weighted by Gasteiger charge is 2.61. The van der Waals surface area contributed by atoms with Crippen LogP contribution in [0.4, 0.5) is 4.79 Å². The molecule has 0 aromatic heterocycles. The number of carbonyl (C=O) groups excluding carboxylic acids is 11. The van der Waals surface area contributed by atoms with Gasteiger partial charge in [0.2, 0.25) is 75.3 Å². The van der Waals surface area contributed by atoms with E-state index >= 15 is 28.8 Å². The van der Waals surface area contributed by atoms with Crippen LogP contribution in [0.5, 0.6) is 0 Å². The third-order valence-corrected chi connectivity index (χ3v) is 22.5. The van der Waals surface area contributed by atoms with Gasteiger partial charge >= 0.3 is 6.09 Å². The number of hydrogen-bond acceptors (Lipinski definition) is 39. The lowest BCUT2D eigenvalue weighted by Gasteiger charge is -2.40. The van der Waals surface area contributed by atoms with Crippen molar-refractivity contribution in [3.05, 3.63) is 60.2 Å². The summed E-state index contributed by atoms with van der Waals surface area (Å²) >= 11 is 0. The molecule has 734 valence electrons. The Morgan fingerprint density at radius 2 is 0.543 bits per heavy atom. The smallest absolute Gasteiger partial charge is 0.407 e. The van der Waals surface area contributed by atoms with E-state index in [0.29, 0.717) is 19.3 Å². The molecule has 50 nitrogen and oxygen atoms in total. The fraction of sp³-hybridized carbons (Fsp3) is 0.684. The molecule has 0 saturated carbocycles. The van der Waals surface area contributed by atoms with Crippen LogP contribution in [0.1, 0.15) is 69.8 Å². The second-order valence-electron chi connectivity index (χ2n) is 32.2. The summed E-state index contributed by atoms with van der Waals surface area (Å²) in [6.07, 6.45) is -4.99. The summed E-state index contributed by atoms with van der Waals surface area (Å²) in [4.78, 5) is 162. The maximum Gasteiger partial charge on any atom is 0.407 e. The van der Waals surface area contributed by atoms with Gasteiger partial charge in [-0.1, -0.05) is 67.8 Å². The van der Waals surface area contributed by atoms with Crippen molar-refractivity contribution in [3.63, 3.8) is 0 Å². The average Bonchev–Trinajstić information content (AvgIpc) is 0.753. The Labute approximate surface area is 739 Å². The highest BCUT2D eigenvalue weighted by molar-refractivity contribution is 6.24. The van der Waals surface area contributed by atoms with E-state index in [1.54, 1.807) is 0 Å². The van der Waals surface area contributed by atoms with Crippen molar-refractivity contribution >= 4 is 86.7 Å². The molecule has 0 spiro atoms. The normalized spacial score (nSPS) is 12.9. The number of fused-ring (bicyclic) bond motifs is 2. The number of aliphatic hydroxyl groups is 24. The molecule has 0 atom stereocenters. The first-order valence-corrected chi connectivity index (χ1v) is 40.7. The molecule has 3 aromatic rings. The second kappa shape index (κ2) is 53.5. The molecule has 11 amide bonds. The summed E-state index contributed by atoms with van der Waals surface area (Å²) in [6, 6.07) is 17.1. The summed E-state index contributed by atoms with van der Waals surface area (Å²) < 4.78 is 24.1. The molecule has 0 aliphatic heterocycles. The van der Waals surface area contributed by atoms with Crippen molar-refractivity contribution in [2.75, 3.05) is 205 Å². The first-order valence-electron chi connectivity index (χ1n) is 40.7. The van der Waals surface area contributed by atoms with Crippen molar-refractivity contribution in [1.82, 2.24) is 53.2 Å². The molecule has 36 N–H and O–H groups in total. The zero-order valence-electron chi connectivity index (χ0n) is 71.3. The molecule has 0 saturated heterocycles. The van der Waals surface area contributed by atoms with Crippen molar-refractivity contribution < 1.29 is 194 Å². The quantitative estimate of drug-likeness (QED) is 0.0142. The Balaban J connectivity index is 2.50. The molecule has 0 unspecified atom stereocenters. The number of rotatable bonds is 68. The molecule has 0 aliphatic rings. The molecule has 3 aromatic carbocycles. The van der Waals surface area contributed by atoms with Crippen molar-refractivity contribution in [2.24, 2.45) is 22.0 Å². The van der Waals surface area contributed by atoms with E-state index < -0.39 is 362 Å². The second-order valence-corrected chi connectivity index (χ2v) is 32.2. The van der Waals surface area contributed by atoms with E-state index in [2.05, 4.69) is 10.6 Å². The predicted molar refractivity (Wildman–Crippen MR) is 443 cm³/mol. The Hall–Kier alpha value is -8.93. The van der Waals surface area contributed by atoms with Gasteiger partial charge in [0.25, 0.3) is 0 Å². The molecule has 0 heterocycles. The van der Waals surface area contributed by atoms with Gasteiger partial charge in [0, 0.05) is 51.2 Å². The molecule has 129 heavy (non-hydrogen) atoms. The van der Waals surface area contributed by atoms with Gasteiger partial charge in [-0.3, -0.25) is 47.9 Å². The van der Waals surface area contributed by atoms with Crippen molar-refractivity contribution in [3.8, 4) is 0 Å². The first-order chi connectivity index (χ1) is 61.4. The Morgan fingerprint density at radius 3 is 0.822 bits per heavy atom. The monoisotopic (exact) mass is 1860 g/mol. The minimum Gasteiger partial charge on any atom is -0.445 e. The van der Waals surface area contributed by atoms with Gasteiger partial charge in [-0.25, -0.2) is 4.79 Å². The molecule has 0 aliphatic carbocycles.